The lowest BCUT2D eigenvalue weighted by molar-refractivity contribution is 0.148. The van der Waals surface area contributed by atoms with Gasteiger partial charge in [0.05, 0.1) is 24.4 Å². The van der Waals surface area contributed by atoms with Crippen molar-refractivity contribution in [1.82, 2.24) is 19.6 Å². The predicted octanol–water partition coefficient (Wildman–Crippen LogP) is 9.34. The fourth-order valence-electron chi connectivity index (χ4n) is 4.40. The monoisotopic (exact) mass is 699 g/mol. The summed E-state index contributed by atoms with van der Waals surface area (Å²) >= 11 is 24.0. The molecule has 0 atom stereocenters. The zero-order valence-electron chi connectivity index (χ0n) is 25.9. The number of nitrogens with two attached hydrogens (primary N) is 1. The van der Waals surface area contributed by atoms with Crippen LogP contribution >= 0.6 is 46.4 Å². The smallest absolute Gasteiger partial charge is 0.404 e. The maximum atomic E-state index is 10.9. The topological polar surface area (TPSA) is 127 Å². The number of halogens is 4. The van der Waals surface area contributed by atoms with E-state index >= 15 is 0 Å². The molecule has 4 aromatic rings. The van der Waals surface area contributed by atoms with Crippen molar-refractivity contribution < 1.29 is 24.1 Å². The van der Waals surface area contributed by atoms with Crippen LogP contribution in [-0.4, -0.2) is 30.8 Å². The van der Waals surface area contributed by atoms with Gasteiger partial charge in [0, 0.05) is 31.2 Å². The second-order valence-corrected chi connectivity index (χ2v) is 12.2. The minimum Gasteiger partial charge on any atom is -0.443 e. The van der Waals surface area contributed by atoms with E-state index < -0.39 is 6.09 Å². The lowest BCUT2D eigenvalue weighted by Gasteiger charge is -2.13. The van der Waals surface area contributed by atoms with E-state index in [4.69, 9.17) is 66.3 Å². The summed E-state index contributed by atoms with van der Waals surface area (Å²) in [7, 11) is 0. The van der Waals surface area contributed by atoms with E-state index in [-0.39, 0.29) is 25.3 Å². The van der Waals surface area contributed by atoms with Crippen LogP contribution in [0.5, 0.6) is 23.3 Å². The molecule has 14 heteroatoms. The Morgan fingerprint density at radius 2 is 1.13 bits per heavy atom. The molecule has 0 spiro atoms. The first kappa shape index (κ1) is 36.3. The molecule has 0 aliphatic rings. The summed E-state index contributed by atoms with van der Waals surface area (Å²) in [5.74, 6) is 2.24. The maximum absolute atomic E-state index is 10.9. The number of carbonyl (C=O) groups is 1. The van der Waals surface area contributed by atoms with Crippen LogP contribution in [0, 0.1) is 0 Å². The highest BCUT2D eigenvalue weighted by Crippen LogP contribution is 2.35. The summed E-state index contributed by atoms with van der Waals surface area (Å²) < 4.78 is 20.3. The average molecular weight is 701 g/mol. The third-order valence-corrected chi connectivity index (χ3v) is 7.25. The Hall–Kier alpha value is -3.15. The van der Waals surface area contributed by atoms with Gasteiger partial charge in [-0.2, -0.15) is 10.2 Å². The average Bonchev–Trinajstić information content (AvgIpc) is 3.48. The second kappa shape index (κ2) is 16.4. The van der Waals surface area contributed by atoms with Gasteiger partial charge >= 0.3 is 6.09 Å². The first-order chi connectivity index (χ1) is 21.3. The van der Waals surface area contributed by atoms with Gasteiger partial charge in [-0.3, -0.25) is 0 Å². The van der Waals surface area contributed by atoms with E-state index in [9.17, 15) is 9.90 Å². The Morgan fingerprint density at radius 3 is 1.47 bits per heavy atom. The van der Waals surface area contributed by atoms with Crippen LogP contribution in [0.3, 0.4) is 0 Å². The molecule has 0 saturated heterocycles. The van der Waals surface area contributed by atoms with Crippen molar-refractivity contribution in [3.05, 3.63) is 79.0 Å². The van der Waals surface area contributed by atoms with Gasteiger partial charge in [-0.15, -0.1) is 0 Å². The van der Waals surface area contributed by atoms with E-state index in [2.05, 4.69) is 10.2 Å². The van der Waals surface area contributed by atoms with E-state index in [1.807, 2.05) is 41.5 Å². The molecular weight excluding hydrogens is 664 g/mol. The summed E-state index contributed by atoms with van der Waals surface area (Å²) in [4.78, 5) is 10.9. The Kier molecular flexibility index (Phi) is 13.3. The van der Waals surface area contributed by atoms with Crippen molar-refractivity contribution >= 4 is 52.5 Å². The summed E-state index contributed by atoms with van der Waals surface area (Å²) in [5.41, 5.74) is 8.00. The number of nitrogens with zero attached hydrogens (tertiary/aromatic N) is 4. The molecule has 0 radical (unpaired) electrons. The number of hydrogen-bond donors (Lipinski definition) is 2. The number of primary amides is 1. The van der Waals surface area contributed by atoms with Crippen LogP contribution in [-0.2, 0) is 30.8 Å². The summed E-state index contributed by atoms with van der Waals surface area (Å²) in [5, 5.41) is 20.3. The van der Waals surface area contributed by atoms with Gasteiger partial charge in [-0.05, 0) is 76.9 Å². The molecule has 0 fully saturated rings. The maximum Gasteiger partial charge on any atom is 0.404 e. The van der Waals surface area contributed by atoms with Crippen molar-refractivity contribution in [3.63, 3.8) is 0 Å². The Bertz CT molecular complexity index is 1580. The van der Waals surface area contributed by atoms with Crippen LogP contribution in [0.15, 0.2) is 36.4 Å². The molecule has 244 valence electrons. The van der Waals surface area contributed by atoms with Crippen LogP contribution in [0.1, 0.15) is 76.1 Å². The SMILES string of the molecule is CCc1c(CO)nn(C(C)C)c1Oc1cc(Cl)cc(Cl)c1.CCc1c(COC(N)=O)nn(C(C)C)c1Oc1cc(Cl)cc(Cl)c1. The van der Waals surface area contributed by atoms with E-state index in [0.29, 0.717) is 67.6 Å². The van der Waals surface area contributed by atoms with Crippen molar-refractivity contribution in [1.29, 1.82) is 0 Å². The third kappa shape index (κ3) is 9.67. The van der Waals surface area contributed by atoms with Gasteiger partial charge in [0.1, 0.15) is 23.8 Å². The molecule has 2 aromatic heterocycles. The number of aliphatic hydroxyl groups is 1. The van der Waals surface area contributed by atoms with Crippen LogP contribution in [0.25, 0.3) is 0 Å². The number of aliphatic hydroxyl groups excluding tert-OH is 1. The van der Waals surface area contributed by atoms with E-state index in [1.165, 1.54) is 0 Å². The van der Waals surface area contributed by atoms with Crippen LogP contribution in [0.2, 0.25) is 20.1 Å². The minimum absolute atomic E-state index is 0.00904. The first-order valence-corrected chi connectivity index (χ1v) is 15.8. The highest BCUT2D eigenvalue weighted by molar-refractivity contribution is 6.35. The van der Waals surface area contributed by atoms with Crippen molar-refractivity contribution in [3.8, 4) is 23.3 Å². The van der Waals surface area contributed by atoms with Crippen LogP contribution in [0.4, 0.5) is 4.79 Å². The van der Waals surface area contributed by atoms with Gasteiger partial charge < -0.3 is 25.1 Å². The molecule has 0 saturated carbocycles. The molecule has 0 aliphatic heterocycles. The fraction of sp³-hybridized carbons (Fsp3) is 0.387. The Balaban J connectivity index is 0.000000248. The molecule has 2 heterocycles. The summed E-state index contributed by atoms with van der Waals surface area (Å²) in [6.07, 6.45) is 0.514. The molecular formula is C31H37Cl4N5O5. The van der Waals surface area contributed by atoms with Gasteiger partial charge in [0.25, 0.3) is 0 Å². The van der Waals surface area contributed by atoms with E-state index in [0.717, 1.165) is 11.1 Å². The molecule has 45 heavy (non-hydrogen) atoms. The Morgan fingerprint density at radius 1 is 0.756 bits per heavy atom. The molecule has 2 aromatic carbocycles. The predicted molar refractivity (Wildman–Crippen MR) is 177 cm³/mol. The fourth-order valence-corrected chi connectivity index (χ4v) is 5.42. The number of ether oxygens (including phenoxy) is 3. The van der Waals surface area contributed by atoms with Gasteiger partial charge in [-0.25, -0.2) is 14.2 Å². The van der Waals surface area contributed by atoms with E-state index in [1.54, 1.807) is 45.8 Å². The number of carbonyl (C=O) groups excluding carboxylic acids is 1. The zero-order valence-corrected chi connectivity index (χ0v) is 28.9. The third-order valence-electron chi connectivity index (χ3n) is 6.37. The molecule has 3 N–H and O–H groups in total. The lowest BCUT2D eigenvalue weighted by atomic mass is 10.2. The van der Waals surface area contributed by atoms with Gasteiger partial charge in [-0.1, -0.05) is 60.3 Å². The quantitative estimate of drug-likeness (QED) is 0.160. The Labute approximate surface area is 282 Å². The normalized spacial score (nSPS) is 11.0. The molecule has 0 aliphatic carbocycles. The van der Waals surface area contributed by atoms with Crippen molar-refractivity contribution in [2.24, 2.45) is 5.73 Å². The molecule has 1 amide bonds. The highest BCUT2D eigenvalue weighted by atomic mass is 35.5. The molecule has 0 bridgehead atoms. The number of benzene rings is 2. The van der Waals surface area contributed by atoms with Crippen molar-refractivity contribution in [2.45, 2.75) is 79.7 Å². The number of hydrogen-bond acceptors (Lipinski definition) is 7. The first-order valence-electron chi connectivity index (χ1n) is 14.3. The number of amides is 1. The summed E-state index contributed by atoms with van der Waals surface area (Å²) in [6.45, 7) is 11.8. The van der Waals surface area contributed by atoms with Gasteiger partial charge in [0.15, 0.2) is 0 Å². The zero-order chi connectivity index (χ0) is 33.4. The molecule has 10 nitrogen and oxygen atoms in total. The lowest BCUT2D eigenvalue weighted by Crippen LogP contribution is -2.13. The molecule has 0 unspecified atom stereocenters. The minimum atomic E-state index is -0.847. The number of rotatable bonds is 11. The standard InChI is InChI=1S/C16H19Cl2N3O3.C15H18Cl2N2O2/c1-4-13-14(8-23-16(19)22)20-21(9(2)3)15(13)24-12-6-10(17)5-11(18)7-12;1-4-13-14(8-20)18-19(9(2)3)15(13)21-12-6-10(16)5-11(17)7-12/h5-7,9H,4,8H2,1-3H3,(H2,19,22);5-7,9,20H,4,8H2,1-3H3. The summed E-state index contributed by atoms with van der Waals surface area (Å²) in [6, 6.07) is 10.2. The largest absolute Gasteiger partial charge is 0.443 e. The highest BCUT2D eigenvalue weighted by Gasteiger charge is 2.22. The van der Waals surface area contributed by atoms with Crippen LogP contribution < -0.4 is 15.2 Å². The number of aromatic nitrogens is 4. The molecule has 4 rings (SSSR count). The second-order valence-electron chi connectivity index (χ2n) is 10.4. The van der Waals surface area contributed by atoms with Crippen molar-refractivity contribution in [2.75, 3.05) is 0 Å². The van der Waals surface area contributed by atoms with Gasteiger partial charge in [0.2, 0.25) is 11.8 Å².